The zero-order valence-corrected chi connectivity index (χ0v) is 17.0. The van der Waals surface area contributed by atoms with E-state index in [-0.39, 0.29) is 17.9 Å². The van der Waals surface area contributed by atoms with Crippen molar-refractivity contribution in [2.24, 2.45) is 0 Å². The van der Waals surface area contributed by atoms with Crippen LogP contribution in [0.4, 0.5) is 0 Å². The van der Waals surface area contributed by atoms with Crippen LogP contribution >= 0.6 is 11.3 Å². The molecule has 3 rings (SSSR count). The van der Waals surface area contributed by atoms with Gasteiger partial charge in [0.1, 0.15) is 5.01 Å². The minimum absolute atomic E-state index is 0.0549. The molecule has 0 radical (unpaired) electrons. The molecule has 0 aliphatic heterocycles. The summed E-state index contributed by atoms with van der Waals surface area (Å²) in [5.74, 6) is -0.429. The van der Waals surface area contributed by atoms with E-state index < -0.39 is 0 Å². The predicted molar refractivity (Wildman–Crippen MR) is 110 cm³/mol. The molecule has 7 heteroatoms. The number of nitrogens with zero attached hydrogens (tertiary/aromatic N) is 2. The summed E-state index contributed by atoms with van der Waals surface area (Å²) >= 11 is 1.65. The van der Waals surface area contributed by atoms with E-state index >= 15 is 0 Å². The van der Waals surface area contributed by atoms with Crippen molar-refractivity contribution >= 4 is 33.4 Å². The Morgan fingerprint density at radius 3 is 2.57 bits per heavy atom. The number of carbonyl (C=O) groups is 2. The smallest absolute Gasteiger partial charge is 0.337 e. The van der Waals surface area contributed by atoms with Crippen LogP contribution in [0.25, 0.3) is 10.2 Å². The number of aromatic nitrogens is 1. The number of fused-ring (bicyclic) bond motifs is 1. The van der Waals surface area contributed by atoms with Crippen molar-refractivity contribution in [3.05, 3.63) is 64.7 Å². The average molecular weight is 398 g/mol. The lowest BCUT2D eigenvalue weighted by molar-refractivity contribution is -0.125. The van der Waals surface area contributed by atoms with Gasteiger partial charge in [0, 0.05) is 6.54 Å². The van der Waals surface area contributed by atoms with E-state index in [1.807, 2.05) is 49.2 Å². The Morgan fingerprint density at radius 1 is 1.18 bits per heavy atom. The molecule has 0 aliphatic carbocycles. The first-order chi connectivity index (χ1) is 13.5. The summed E-state index contributed by atoms with van der Waals surface area (Å²) in [5.41, 5.74) is 2.40. The molecule has 0 fully saturated rings. The molecule has 3 aromatic rings. The van der Waals surface area contributed by atoms with Gasteiger partial charge >= 0.3 is 5.97 Å². The normalized spacial score (nSPS) is 12.1. The Hall–Kier alpha value is -2.77. The number of ether oxygens (including phenoxy) is 1. The summed E-state index contributed by atoms with van der Waals surface area (Å²) in [7, 11) is 3.27. The fraction of sp³-hybridized carbons (Fsp3) is 0.286. The van der Waals surface area contributed by atoms with E-state index in [9.17, 15) is 9.59 Å². The Kier molecular flexibility index (Phi) is 6.38. The zero-order chi connectivity index (χ0) is 20.1. The second-order valence-electron chi connectivity index (χ2n) is 6.57. The molecule has 0 spiro atoms. The van der Waals surface area contributed by atoms with Crippen LogP contribution in [-0.4, -0.2) is 42.0 Å². The molecule has 6 nitrogen and oxygen atoms in total. The Labute approximate surface area is 168 Å². The maximum absolute atomic E-state index is 12.5. The first-order valence-corrected chi connectivity index (χ1v) is 9.79. The van der Waals surface area contributed by atoms with Crippen LogP contribution < -0.4 is 5.32 Å². The molecule has 1 aromatic heterocycles. The Morgan fingerprint density at radius 2 is 1.89 bits per heavy atom. The number of methoxy groups -OCH3 is 1. The number of nitrogens with one attached hydrogen (secondary N) is 1. The molecule has 0 saturated heterocycles. The minimum atomic E-state index is -0.374. The van der Waals surface area contributed by atoms with Gasteiger partial charge in [0.15, 0.2) is 0 Å². The van der Waals surface area contributed by atoms with Gasteiger partial charge in [0.2, 0.25) is 5.91 Å². The molecular formula is C21H23N3O3S. The standard InChI is InChI=1S/C21H23N3O3S/c1-14(24(2)13-19-23-17-6-4-5-7-18(17)28-19)20(25)22-12-15-8-10-16(11-9-15)21(26)27-3/h4-11,14H,12-13H2,1-3H3,(H,22,25)/t14-/m1/s1. The highest BCUT2D eigenvalue weighted by Gasteiger charge is 2.19. The summed E-state index contributed by atoms with van der Waals surface area (Å²) in [6.07, 6.45) is 0. The summed E-state index contributed by atoms with van der Waals surface area (Å²) in [4.78, 5) is 30.6. The van der Waals surface area contributed by atoms with Gasteiger partial charge in [0.05, 0.1) is 35.5 Å². The van der Waals surface area contributed by atoms with Crippen LogP contribution in [-0.2, 0) is 22.6 Å². The molecule has 0 bridgehead atoms. The van der Waals surface area contributed by atoms with Crippen molar-refractivity contribution < 1.29 is 14.3 Å². The van der Waals surface area contributed by atoms with Gasteiger partial charge in [-0.3, -0.25) is 9.69 Å². The van der Waals surface area contributed by atoms with Crippen LogP contribution in [0.2, 0.25) is 0 Å². The summed E-state index contributed by atoms with van der Waals surface area (Å²) in [6, 6.07) is 14.7. The molecule has 1 N–H and O–H groups in total. The number of rotatable bonds is 7. The van der Waals surface area contributed by atoms with Crippen molar-refractivity contribution in [3.63, 3.8) is 0 Å². The van der Waals surface area contributed by atoms with E-state index in [2.05, 4.69) is 21.1 Å². The molecule has 0 unspecified atom stereocenters. The lowest BCUT2D eigenvalue weighted by Crippen LogP contribution is -2.42. The maximum atomic E-state index is 12.5. The second-order valence-corrected chi connectivity index (χ2v) is 7.69. The average Bonchev–Trinajstić information content (AvgIpc) is 3.13. The summed E-state index contributed by atoms with van der Waals surface area (Å²) in [5, 5.41) is 3.93. The van der Waals surface area contributed by atoms with E-state index in [0.717, 1.165) is 20.8 Å². The summed E-state index contributed by atoms with van der Waals surface area (Å²) in [6.45, 7) is 2.89. The molecule has 0 aliphatic rings. The number of carbonyl (C=O) groups excluding carboxylic acids is 2. The molecule has 0 saturated carbocycles. The van der Waals surface area contributed by atoms with Crippen LogP contribution in [0, 0.1) is 0 Å². The highest BCUT2D eigenvalue weighted by Crippen LogP contribution is 2.22. The quantitative estimate of drug-likeness (QED) is 0.620. The maximum Gasteiger partial charge on any atom is 0.337 e. The number of thiazole rings is 1. The second kappa shape index (κ2) is 8.95. The van der Waals surface area contributed by atoms with Crippen molar-refractivity contribution in [1.82, 2.24) is 15.2 Å². The number of benzene rings is 2. The number of para-hydroxylation sites is 1. The van der Waals surface area contributed by atoms with E-state index in [0.29, 0.717) is 18.7 Å². The first-order valence-electron chi connectivity index (χ1n) is 8.97. The van der Waals surface area contributed by atoms with E-state index in [1.165, 1.54) is 7.11 Å². The van der Waals surface area contributed by atoms with E-state index in [4.69, 9.17) is 0 Å². The molecule has 1 atom stereocenters. The highest BCUT2D eigenvalue weighted by atomic mass is 32.1. The van der Waals surface area contributed by atoms with Crippen LogP contribution in [0.3, 0.4) is 0 Å². The number of hydrogen-bond acceptors (Lipinski definition) is 6. The van der Waals surface area contributed by atoms with E-state index in [1.54, 1.807) is 23.5 Å². The van der Waals surface area contributed by atoms with Crippen molar-refractivity contribution in [2.45, 2.75) is 26.1 Å². The van der Waals surface area contributed by atoms with Crippen LogP contribution in [0.1, 0.15) is 27.9 Å². The number of amides is 1. The lowest BCUT2D eigenvalue weighted by Gasteiger charge is -2.22. The fourth-order valence-corrected chi connectivity index (χ4v) is 3.78. The lowest BCUT2D eigenvalue weighted by atomic mass is 10.1. The third-order valence-corrected chi connectivity index (χ3v) is 5.63. The molecular weight excluding hydrogens is 374 g/mol. The largest absolute Gasteiger partial charge is 0.465 e. The van der Waals surface area contributed by atoms with Crippen molar-refractivity contribution in [1.29, 1.82) is 0 Å². The Bertz CT molecular complexity index is 935. The van der Waals surface area contributed by atoms with Crippen molar-refractivity contribution in [2.75, 3.05) is 14.2 Å². The van der Waals surface area contributed by atoms with Gasteiger partial charge in [-0.1, -0.05) is 24.3 Å². The van der Waals surface area contributed by atoms with Gasteiger partial charge < -0.3 is 10.1 Å². The number of esters is 1. The third-order valence-electron chi connectivity index (χ3n) is 4.61. The monoisotopic (exact) mass is 397 g/mol. The number of hydrogen-bond donors (Lipinski definition) is 1. The summed E-state index contributed by atoms with van der Waals surface area (Å²) < 4.78 is 5.83. The van der Waals surface area contributed by atoms with Crippen LogP contribution in [0.5, 0.6) is 0 Å². The number of likely N-dealkylation sites (N-methyl/N-ethyl adjacent to an activating group) is 1. The molecule has 1 heterocycles. The molecule has 1 amide bonds. The molecule has 2 aromatic carbocycles. The molecule has 146 valence electrons. The van der Waals surface area contributed by atoms with Crippen LogP contribution in [0.15, 0.2) is 48.5 Å². The third kappa shape index (κ3) is 4.74. The Balaban J connectivity index is 1.53. The van der Waals surface area contributed by atoms with Gasteiger partial charge in [0.25, 0.3) is 0 Å². The topological polar surface area (TPSA) is 71.5 Å². The zero-order valence-electron chi connectivity index (χ0n) is 16.1. The van der Waals surface area contributed by atoms with Gasteiger partial charge in [-0.15, -0.1) is 11.3 Å². The van der Waals surface area contributed by atoms with Gasteiger partial charge in [-0.05, 0) is 43.8 Å². The fourth-order valence-electron chi connectivity index (χ4n) is 2.75. The first kappa shape index (κ1) is 20.0. The van der Waals surface area contributed by atoms with Crippen molar-refractivity contribution in [3.8, 4) is 0 Å². The predicted octanol–water partition coefficient (Wildman–Crippen LogP) is 3.22. The minimum Gasteiger partial charge on any atom is -0.465 e. The highest BCUT2D eigenvalue weighted by molar-refractivity contribution is 7.18. The van der Waals surface area contributed by atoms with Gasteiger partial charge in [-0.25, -0.2) is 9.78 Å². The van der Waals surface area contributed by atoms with Gasteiger partial charge in [-0.2, -0.15) is 0 Å². The molecule has 28 heavy (non-hydrogen) atoms. The SMILES string of the molecule is COC(=O)c1ccc(CNC(=O)[C@@H](C)N(C)Cc2nc3ccccc3s2)cc1.